The maximum atomic E-state index is 11.0. The van der Waals surface area contributed by atoms with Crippen molar-refractivity contribution in [3.05, 3.63) is 31.9 Å². The number of hydrogen-bond acceptors (Lipinski definition) is 4. The summed E-state index contributed by atoms with van der Waals surface area (Å²) in [6, 6.07) is 5.13. The summed E-state index contributed by atoms with van der Waals surface area (Å²) in [6.45, 7) is 3.10. The Morgan fingerprint density at radius 2 is 2.18 bits per heavy atom. The Hall–Kier alpha value is -0.890. The van der Waals surface area contributed by atoms with Crippen LogP contribution in [-0.2, 0) is 0 Å². The number of nitro benzene ring substituents is 1. The molecule has 0 aliphatic rings. The number of benzene rings is 1. The maximum Gasteiger partial charge on any atom is 0.293 e. The van der Waals surface area contributed by atoms with Gasteiger partial charge in [-0.05, 0) is 41.1 Å². The Balaban J connectivity index is 3.12. The maximum absolute atomic E-state index is 11.0. The fourth-order valence-corrected chi connectivity index (χ4v) is 2.13. The SMILES string of the molecule is CCCN(CCO)c1ccc(I)cc1[N+](=O)[O-]. The molecule has 0 aliphatic carbocycles. The molecule has 0 aromatic heterocycles. The molecule has 94 valence electrons. The third kappa shape index (κ3) is 3.81. The first-order valence-electron chi connectivity index (χ1n) is 5.40. The minimum atomic E-state index is -0.377. The zero-order chi connectivity index (χ0) is 12.8. The van der Waals surface area contributed by atoms with E-state index in [1.807, 2.05) is 40.5 Å². The van der Waals surface area contributed by atoms with E-state index in [0.29, 0.717) is 18.8 Å². The van der Waals surface area contributed by atoms with Gasteiger partial charge in [0.05, 0.1) is 11.5 Å². The minimum Gasteiger partial charge on any atom is -0.395 e. The van der Waals surface area contributed by atoms with E-state index >= 15 is 0 Å². The molecule has 0 amide bonds. The fourth-order valence-electron chi connectivity index (χ4n) is 1.65. The molecule has 0 bridgehead atoms. The first-order chi connectivity index (χ1) is 8.10. The van der Waals surface area contributed by atoms with E-state index in [4.69, 9.17) is 5.11 Å². The molecule has 0 atom stereocenters. The molecule has 1 rings (SSSR count). The van der Waals surface area contributed by atoms with Crippen LogP contribution < -0.4 is 4.90 Å². The lowest BCUT2D eigenvalue weighted by Crippen LogP contribution is -2.28. The lowest BCUT2D eigenvalue weighted by atomic mass is 10.2. The second-order valence-electron chi connectivity index (χ2n) is 3.60. The monoisotopic (exact) mass is 350 g/mol. The summed E-state index contributed by atoms with van der Waals surface area (Å²) in [5.41, 5.74) is 0.671. The van der Waals surface area contributed by atoms with Crippen LogP contribution in [0.1, 0.15) is 13.3 Å². The second-order valence-corrected chi connectivity index (χ2v) is 4.85. The predicted octanol–water partition coefficient (Wildman–Crippen LogP) is 2.41. The quantitative estimate of drug-likeness (QED) is 0.486. The van der Waals surface area contributed by atoms with Crippen LogP contribution in [0.5, 0.6) is 0 Å². The van der Waals surface area contributed by atoms with Crippen molar-refractivity contribution in [1.29, 1.82) is 0 Å². The topological polar surface area (TPSA) is 66.6 Å². The third-order valence-corrected chi connectivity index (χ3v) is 3.01. The highest BCUT2D eigenvalue weighted by Crippen LogP contribution is 2.29. The molecule has 6 heteroatoms. The molecule has 0 radical (unpaired) electrons. The minimum absolute atomic E-state index is 0.0108. The van der Waals surface area contributed by atoms with Crippen molar-refractivity contribution < 1.29 is 10.0 Å². The first kappa shape index (κ1) is 14.2. The first-order valence-corrected chi connectivity index (χ1v) is 6.47. The molecule has 0 aliphatic heterocycles. The van der Waals surface area contributed by atoms with E-state index in [2.05, 4.69) is 0 Å². The molecule has 0 unspecified atom stereocenters. The Bertz CT molecular complexity index is 392. The number of aliphatic hydroxyl groups is 1. The zero-order valence-electron chi connectivity index (χ0n) is 9.60. The Labute approximate surface area is 114 Å². The average Bonchev–Trinajstić information content (AvgIpc) is 2.28. The second kappa shape index (κ2) is 6.75. The van der Waals surface area contributed by atoms with Gasteiger partial charge in [-0.15, -0.1) is 0 Å². The van der Waals surface area contributed by atoms with Crippen LogP contribution in [0.2, 0.25) is 0 Å². The Morgan fingerprint density at radius 3 is 2.71 bits per heavy atom. The summed E-state index contributed by atoms with van der Waals surface area (Å²) in [5.74, 6) is 0. The highest BCUT2D eigenvalue weighted by molar-refractivity contribution is 14.1. The van der Waals surface area contributed by atoms with Crippen molar-refractivity contribution in [1.82, 2.24) is 0 Å². The summed E-state index contributed by atoms with van der Waals surface area (Å²) in [7, 11) is 0. The molecule has 1 aromatic carbocycles. The van der Waals surface area contributed by atoms with E-state index in [0.717, 1.165) is 9.99 Å². The lowest BCUT2D eigenvalue weighted by molar-refractivity contribution is -0.384. The summed E-state index contributed by atoms with van der Waals surface area (Å²) in [5, 5.41) is 20.0. The number of aliphatic hydroxyl groups excluding tert-OH is 1. The van der Waals surface area contributed by atoms with E-state index in [9.17, 15) is 10.1 Å². The number of nitrogens with zero attached hydrogens (tertiary/aromatic N) is 2. The van der Waals surface area contributed by atoms with Crippen LogP contribution in [0.4, 0.5) is 11.4 Å². The average molecular weight is 350 g/mol. The van der Waals surface area contributed by atoms with Gasteiger partial charge in [-0.3, -0.25) is 10.1 Å². The van der Waals surface area contributed by atoms with Gasteiger partial charge in [0, 0.05) is 22.7 Å². The van der Waals surface area contributed by atoms with Crippen molar-refractivity contribution in [2.75, 3.05) is 24.6 Å². The molecule has 0 saturated heterocycles. The van der Waals surface area contributed by atoms with Crippen molar-refractivity contribution in [2.24, 2.45) is 0 Å². The van der Waals surface area contributed by atoms with Crippen LogP contribution in [0, 0.1) is 13.7 Å². The summed E-state index contributed by atoms with van der Waals surface area (Å²) in [4.78, 5) is 12.5. The van der Waals surface area contributed by atoms with Crippen molar-refractivity contribution in [3.63, 3.8) is 0 Å². The van der Waals surface area contributed by atoms with Gasteiger partial charge < -0.3 is 10.0 Å². The van der Waals surface area contributed by atoms with Gasteiger partial charge >= 0.3 is 0 Å². The molecule has 5 nitrogen and oxygen atoms in total. The number of rotatable bonds is 6. The van der Waals surface area contributed by atoms with Gasteiger partial charge in [-0.25, -0.2) is 0 Å². The smallest absolute Gasteiger partial charge is 0.293 e. The Kier molecular flexibility index (Phi) is 5.63. The molecular formula is C11H15IN2O3. The summed E-state index contributed by atoms with van der Waals surface area (Å²) >= 11 is 2.05. The molecule has 0 saturated carbocycles. The lowest BCUT2D eigenvalue weighted by Gasteiger charge is -2.23. The van der Waals surface area contributed by atoms with Crippen LogP contribution in [-0.4, -0.2) is 29.7 Å². The van der Waals surface area contributed by atoms with Gasteiger partial charge in [-0.2, -0.15) is 0 Å². The number of nitro groups is 1. The van der Waals surface area contributed by atoms with Gasteiger partial charge in [0.15, 0.2) is 0 Å². The predicted molar refractivity (Wildman–Crippen MR) is 75.4 cm³/mol. The van der Waals surface area contributed by atoms with Crippen LogP contribution in [0.15, 0.2) is 18.2 Å². The van der Waals surface area contributed by atoms with Gasteiger partial charge in [0.1, 0.15) is 5.69 Å². The van der Waals surface area contributed by atoms with Crippen molar-refractivity contribution in [2.45, 2.75) is 13.3 Å². The highest BCUT2D eigenvalue weighted by atomic mass is 127. The molecular weight excluding hydrogens is 335 g/mol. The van der Waals surface area contributed by atoms with Crippen molar-refractivity contribution >= 4 is 34.0 Å². The standard InChI is InChI=1S/C11H15IN2O3/c1-2-5-13(6-7-15)10-4-3-9(12)8-11(10)14(16)17/h3-4,8,15H,2,5-7H2,1H3. The molecule has 0 fully saturated rings. The number of hydrogen-bond donors (Lipinski definition) is 1. The van der Waals surface area contributed by atoms with Gasteiger partial charge in [0.2, 0.25) is 0 Å². The summed E-state index contributed by atoms with van der Waals surface area (Å²) in [6.07, 6.45) is 0.878. The van der Waals surface area contributed by atoms with Gasteiger partial charge in [-0.1, -0.05) is 6.92 Å². The van der Waals surface area contributed by atoms with E-state index in [-0.39, 0.29) is 17.2 Å². The molecule has 17 heavy (non-hydrogen) atoms. The van der Waals surface area contributed by atoms with Crippen LogP contribution in [0.3, 0.4) is 0 Å². The van der Waals surface area contributed by atoms with Crippen LogP contribution in [0.25, 0.3) is 0 Å². The Morgan fingerprint density at radius 1 is 1.47 bits per heavy atom. The highest BCUT2D eigenvalue weighted by Gasteiger charge is 2.18. The normalized spacial score (nSPS) is 10.3. The van der Waals surface area contributed by atoms with E-state index in [1.54, 1.807) is 12.1 Å². The molecule has 0 heterocycles. The largest absolute Gasteiger partial charge is 0.395 e. The molecule has 1 aromatic rings. The third-order valence-electron chi connectivity index (χ3n) is 2.34. The number of halogens is 1. The van der Waals surface area contributed by atoms with E-state index in [1.165, 1.54) is 0 Å². The summed E-state index contributed by atoms with van der Waals surface area (Å²) < 4.78 is 0.832. The van der Waals surface area contributed by atoms with E-state index < -0.39 is 0 Å². The molecule has 1 N–H and O–H groups in total. The fraction of sp³-hybridized carbons (Fsp3) is 0.455. The molecule has 0 spiro atoms. The van der Waals surface area contributed by atoms with Crippen LogP contribution >= 0.6 is 22.6 Å². The zero-order valence-corrected chi connectivity index (χ0v) is 11.8. The number of anilines is 1. The van der Waals surface area contributed by atoms with Crippen molar-refractivity contribution in [3.8, 4) is 0 Å². The van der Waals surface area contributed by atoms with Gasteiger partial charge in [0.25, 0.3) is 5.69 Å².